The minimum absolute atomic E-state index is 0.149. The van der Waals surface area contributed by atoms with Gasteiger partial charge in [-0.25, -0.2) is 4.79 Å². The molecule has 28 heavy (non-hydrogen) atoms. The lowest BCUT2D eigenvalue weighted by molar-refractivity contribution is -0.118. The van der Waals surface area contributed by atoms with Crippen LogP contribution in [-0.4, -0.2) is 24.6 Å². The number of halogens is 1. The number of hydrogen-bond acceptors (Lipinski definition) is 5. The molecule has 7 heteroatoms. The van der Waals surface area contributed by atoms with E-state index in [0.717, 1.165) is 41.7 Å². The van der Waals surface area contributed by atoms with Gasteiger partial charge in [0.1, 0.15) is 10.8 Å². The van der Waals surface area contributed by atoms with Gasteiger partial charge in [-0.1, -0.05) is 11.6 Å². The molecule has 150 valence electrons. The molecule has 0 fully saturated rings. The summed E-state index contributed by atoms with van der Waals surface area (Å²) in [5.74, 6) is -0.0878. The van der Waals surface area contributed by atoms with E-state index in [2.05, 4.69) is 5.32 Å². The monoisotopic (exact) mass is 421 g/mol. The maximum atomic E-state index is 12.6. The number of carbonyl (C=O) groups is 2. The van der Waals surface area contributed by atoms with E-state index < -0.39 is 0 Å². The highest BCUT2D eigenvalue weighted by Crippen LogP contribution is 2.38. The minimum Gasteiger partial charge on any atom is -0.483 e. The quantitative estimate of drug-likeness (QED) is 0.653. The first-order valence-electron chi connectivity index (χ1n) is 9.39. The summed E-state index contributed by atoms with van der Waals surface area (Å²) in [6.45, 7) is 5.35. The van der Waals surface area contributed by atoms with Crippen LogP contribution < -0.4 is 10.1 Å². The SMILES string of the molecule is Cc1cc(Cl)ccc1OCC(=O)Nc1sc2c(c1C(=O)OC(C)C)CCCC2. The van der Waals surface area contributed by atoms with Crippen molar-refractivity contribution in [2.75, 3.05) is 11.9 Å². The number of thiophene rings is 1. The molecule has 1 amide bonds. The molecule has 1 aliphatic rings. The first-order chi connectivity index (χ1) is 13.3. The van der Waals surface area contributed by atoms with Crippen molar-refractivity contribution in [3.05, 3.63) is 44.8 Å². The number of carbonyl (C=O) groups excluding carboxylic acids is 2. The molecule has 0 bridgehead atoms. The van der Waals surface area contributed by atoms with Crippen LogP contribution in [0.4, 0.5) is 5.00 Å². The van der Waals surface area contributed by atoms with Gasteiger partial charge in [0.2, 0.25) is 0 Å². The summed E-state index contributed by atoms with van der Waals surface area (Å²) in [5, 5.41) is 4.02. The Morgan fingerprint density at radius 1 is 1.25 bits per heavy atom. The molecule has 1 aromatic heterocycles. The van der Waals surface area contributed by atoms with E-state index in [0.29, 0.717) is 21.3 Å². The lowest BCUT2D eigenvalue weighted by Gasteiger charge is -2.14. The maximum absolute atomic E-state index is 12.6. The van der Waals surface area contributed by atoms with Crippen molar-refractivity contribution in [2.24, 2.45) is 0 Å². The number of benzene rings is 1. The van der Waals surface area contributed by atoms with Gasteiger partial charge in [0.25, 0.3) is 5.91 Å². The number of hydrogen-bond donors (Lipinski definition) is 1. The van der Waals surface area contributed by atoms with E-state index >= 15 is 0 Å². The fraction of sp³-hybridized carbons (Fsp3) is 0.429. The first-order valence-corrected chi connectivity index (χ1v) is 10.6. The molecule has 0 saturated carbocycles. The predicted octanol–water partition coefficient (Wildman–Crippen LogP) is 5.17. The summed E-state index contributed by atoms with van der Waals surface area (Å²) >= 11 is 7.41. The second-order valence-electron chi connectivity index (χ2n) is 7.12. The van der Waals surface area contributed by atoms with Gasteiger partial charge < -0.3 is 14.8 Å². The molecule has 0 aliphatic heterocycles. The van der Waals surface area contributed by atoms with Gasteiger partial charge in [-0.2, -0.15) is 0 Å². The fourth-order valence-electron chi connectivity index (χ4n) is 3.22. The van der Waals surface area contributed by atoms with Gasteiger partial charge in [0.05, 0.1) is 11.7 Å². The topological polar surface area (TPSA) is 64.6 Å². The second-order valence-corrected chi connectivity index (χ2v) is 8.66. The highest BCUT2D eigenvalue weighted by atomic mass is 35.5. The van der Waals surface area contributed by atoms with Crippen molar-refractivity contribution in [1.82, 2.24) is 0 Å². The zero-order valence-electron chi connectivity index (χ0n) is 16.3. The van der Waals surface area contributed by atoms with Gasteiger partial charge in [-0.3, -0.25) is 4.79 Å². The van der Waals surface area contributed by atoms with Crippen LogP contribution in [0.2, 0.25) is 5.02 Å². The minimum atomic E-state index is -0.376. The Kier molecular flexibility index (Phi) is 6.62. The maximum Gasteiger partial charge on any atom is 0.341 e. The molecule has 0 saturated heterocycles. The van der Waals surface area contributed by atoms with E-state index in [1.165, 1.54) is 11.3 Å². The van der Waals surface area contributed by atoms with Gasteiger partial charge >= 0.3 is 5.97 Å². The lowest BCUT2D eigenvalue weighted by Crippen LogP contribution is -2.22. The summed E-state index contributed by atoms with van der Waals surface area (Å²) in [6, 6.07) is 5.23. The number of rotatable bonds is 6. The number of anilines is 1. The fourth-order valence-corrected chi connectivity index (χ4v) is 4.74. The van der Waals surface area contributed by atoms with Crippen LogP contribution in [0.15, 0.2) is 18.2 Å². The van der Waals surface area contributed by atoms with Gasteiger partial charge in [-0.15, -0.1) is 11.3 Å². The third-order valence-corrected chi connectivity index (χ3v) is 5.91. The van der Waals surface area contributed by atoms with Crippen molar-refractivity contribution in [1.29, 1.82) is 0 Å². The number of amides is 1. The number of fused-ring (bicyclic) bond motifs is 1. The van der Waals surface area contributed by atoms with Crippen molar-refractivity contribution in [3.8, 4) is 5.75 Å². The number of aryl methyl sites for hydroxylation is 2. The largest absolute Gasteiger partial charge is 0.483 e. The van der Waals surface area contributed by atoms with Gasteiger partial charge in [0, 0.05) is 9.90 Å². The van der Waals surface area contributed by atoms with Crippen LogP contribution in [0.3, 0.4) is 0 Å². The van der Waals surface area contributed by atoms with Gasteiger partial charge in [0.15, 0.2) is 6.61 Å². The molecule has 1 N–H and O–H groups in total. The van der Waals surface area contributed by atoms with Crippen LogP contribution in [0.1, 0.15) is 53.1 Å². The van der Waals surface area contributed by atoms with Crippen LogP contribution in [0.5, 0.6) is 5.75 Å². The van der Waals surface area contributed by atoms with E-state index in [1.54, 1.807) is 18.2 Å². The van der Waals surface area contributed by atoms with Crippen molar-refractivity contribution in [3.63, 3.8) is 0 Å². The molecule has 0 spiro atoms. The molecule has 2 aromatic rings. The third-order valence-electron chi connectivity index (χ3n) is 4.47. The Bertz CT molecular complexity index is 891. The molecule has 5 nitrogen and oxygen atoms in total. The van der Waals surface area contributed by atoms with E-state index in [4.69, 9.17) is 21.1 Å². The zero-order chi connectivity index (χ0) is 20.3. The Hall–Kier alpha value is -2.05. The standard InChI is InChI=1S/C21H24ClNO4S/c1-12(2)27-21(25)19-15-6-4-5-7-17(15)28-20(19)23-18(24)11-26-16-9-8-14(22)10-13(16)3/h8-10,12H,4-7,11H2,1-3H3,(H,23,24). The zero-order valence-corrected chi connectivity index (χ0v) is 17.8. The molecule has 3 rings (SSSR count). The average molecular weight is 422 g/mol. The first kappa shape index (κ1) is 20.7. The van der Waals surface area contributed by atoms with E-state index in [9.17, 15) is 9.59 Å². The molecule has 1 aliphatic carbocycles. The summed E-state index contributed by atoms with van der Waals surface area (Å²) in [7, 11) is 0. The Morgan fingerprint density at radius 2 is 2.00 bits per heavy atom. The molecular formula is C21H24ClNO4S. The van der Waals surface area contributed by atoms with Gasteiger partial charge in [-0.05, 0) is 75.8 Å². The highest BCUT2D eigenvalue weighted by molar-refractivity contribution is 7.17. The Labute approximate surface area is 174 Å². The summed E-state index contributed by atoms with van der Waals surface area (Å²) in [6.07, 6.45) is 3.69. The summed E-state index contributed by atoms with van der Waals surface area (Å²) < 4.78 is 11.0. The second kappa shape index (κ2) is 8.97. The third kappa shape index (κ3) is 4.86. The van der Waals surface area contributed by atoms with Crippen LogP contribution in [-0.2, 0) is 22.4 Å². The van der Waals surface area contributed by atoms with Crippen LogP contribution in [0, 0.1) is 6.92 Å². The number of nitrogens with one attached hydrogen (secondary N) is 1. The predicted molar refractivity (Wildman–Crippen MR) is 112 cm³/mol. The molecule has 0 unspecified atom stereocenters. The molecule has 1 aromatic carbocycles. The van der Waals surface area contributed by atoms with Crippen molar-refractivity contribution >= 4 is 39.8 Å². The molecule has 0 radical (unpaired) electrons. The molecule has 0 atom stereocenters. The normalized spacial score (nSPS) is 13.2. The molecular weight excluding hydrogens is 398 g/mol. The lowest BCUT2D eigenvalue weighted by atomic mass is 9.95. The molecule has 1 heterocycles. The number of esters is 1. The van der Waals surface area contributed by atoms with Crippen molar-refractivity contribution in [2.45, 2.75) is 52.6 Å². The highest BCUT2D eigenvalue weighted by Gasteiger charge is 2.27. The summed E-state index contributed by atoms with van der Waals surface area (Å²) in [5.41, 5.74) is 2.38. The Morgan fingerprint density at radius 3 is 2.71 bits per heavy atom. The average Bonchev–Trinajstić information content (AvgIpc) is 2.98. The Balaban J connectivity index is 1.74. The number of ether oxygens (including phenoxy) is 2. The van der Waals surface area contributed by atoms with Crippen LogP contribution in [0.25, 0.3) is 0 Å². The van der Waals surface area contributed by atoms with Crippen molar-refractivity contribution < 1.29 is 19.1 Å². The van der Waals surface area contributed by atoms with E-state index in [1.807, 2.05) is 20.8 Å². The summed E-state index contributed by atoms with van der Waals surface area (Å²) in [4.78, 5) is 26.3. The van der Waals surface area contributed by atoms with Crippen LogP contribution >= 0.6 is 22.9 Å². The van der Waals surface area contributed by atoms with E-state index in [-0.39, 0.29) is 24.6 Å². The smallest absolute Gasteiger partial charge is 0.341 e.